The predicted octanol–water partition coefficient (Wildman–Crippen LogP) is 3.93. The van der Waals surface area contributed by atoms with Gasteiger partial charge in [0.05, 0.1) is 0 Å². The summed E-state index contributed by atoms with van der Waals surface area (Å²) in [5.41, 5.74) is 1.82. The van der Waals surface area contributed by atoms with Gasteiger partial charge in [0.2, 0.25) is 0 Å². The summed E-state index contributed by atoms with van der Waals surface area (Å²) in [5.74, 6) is -0.647. The van der Waals surface area contributed by atoms with Crippen molar-refractivity contribution in [2.24, 2.45) is 0 Å². The fraction of sp³-hybridized carbons (Fsp3) is 0.286. The van der Waals surface area contributed by atoms with E-state index in [1.165, 1.54) is 0 Å². The highest BCUT2D eigenvalue weighted by Crippen LogP contribution is 2.11. The van der Waals surface area contributed by atoms with Crippen LogP contribution in [0, 0.1) is 6.92 Å². The zero-order valence-electron chi connectivity index (χ0n) is 15.7. The zero-order valence-corrected chi connectivity index (χ0v) is 17.3. The van der Waals surface area contributed by atoms with Gasteiger partial charge in [-0.15, -0.1) is 0 Å². The Hall–Kier alpha value is -2.31. The highest BCUT2D eigenvalue weighted by atomic mass is 35.5. The number of aryl methyl sites for hydroxylation is 1. The SMILES string of the molecule is CSCC[C@H](NC(=O)c1cccc(C)c1)C(=O)OCC(=O)c1ccc(Cl)cc1. The number of carbonyl (C=O) groups is 3. The number of hydrogen-bond acceptors (Lipinski definition) is 5. The van der Waals surface area contributed by atoms with Crippen LogP contribution in [0.15, 0.2) is 48.5 Å². The molecular formula is C21H22ClNO4S. The van der Waals surface area contributed by atoms with E-state index in [-0.39, 0.29) is 11.7 Å². The number of Topliss-reactive ketones (excluding diaryl/α,β-unsaturated/α-hetero) is 1. The maximum atomic E-state index is 12.5. The highest BCUT2D eigenvalue weighted by Gasteiger charge is 2.23. The molecule has 0 aromatic heterocycles. The molecule has 0 spiro atoms. The number of hydrogen-bond donors (Lipinski definition) is 1. The van der Waals surface area contributed by atoms with Crippen LogP contribution in [-0.4, -0.2) is 42.3 Å². The van der Waals surface area contributed by atoms with Crippen molar-refractivity contribution in [3.05, 3.63) is 70.2 Å². The summed E-state index contributed by atoms with van der Waals surface area (Å²) in [6.07, 6.45) is 2.32. The minimum Gasteiger partial charge on any atom is -0.456 e. The molecule has 5 nitrogen and oxygen atoms in total. The van der Waals surface area contributed by atoms with Crippen LogP contribution in [0.3, 0.4) is 0 Å². The molecule has 1 atom stereocenters. The van der Waals surface area contributed by atoms with Gasteiger partial charge >= 0.3 is 5.97 Å². The molecule has 0 unspecified atom stereocenters. The molecule has 0 aliphatic heterocycles. The Labute approximate surface area is 173 Å². The van der Waals surface area contributed by atoms with Crippen molar-refractivity contribution in [1.82, 2.24) is 5.32 Å². The molecule has 148 valence electrons. The van der Waals surface area contributed by atoms with Crippen molar-refractivity contribution in [3.63, 3.8) is 0 Å². The van der Waals surface area contributed by atoms with Crippen molar-refractivity contribution in [3.8, 4) is 0 Å². The van der Waals surface area contributed by atoms with E-state index in [0.717, 1.165) is 5.56 Å². The van der Waals surface area contributed by atoms with Crippen LogP contribution in [-0.2, 0) is 9.53 Å². The number of halogens is 1. The van der Waals surface area contributed by atoms with E-state index < -0.39 is 18.6 Å². The highest BCUT2D eigenvalue weighted by molar-refractivity contribution is 7.98. The van der Waals surface area contributed by atoms with Crippen LogP contribution < -0.4 is 5.32 Å². The number of thioether (sulfide) groups is 1. The van der Waals surface area contributed by atoms with Crippen LogP contribution >= 0.6 is 23.4 Å². The second-order valence-electron chi connectivity index (χ2n) is 6.21. The molecule has 0 radical (unpaired) electrons. The average molecular weight is 420 g/mol. The number of rotatable bonds is 9. The topological polar surface area (TPSA) is 72.5 Å². The molecule has 0 saturated heterocycles. The standard InChI is InChI=1S/C21H22ClNO4S/c1-14-4-3-5-16(12-14)20(25)23-18(10-11-28-2)21(26)27-13-19(24)15-6-8-17(22)9-7-15/h3-9,12,18H,10-11,13H2,1-2H3,(H,23,25)/t18-/m0/s1. The lowest BCUT2D eigenvalue weighted by molar-refractivity contribution is -0.144. The lowest BCUT2D eigenvalue weighted by Crippen LogP contribution is -2.42. The maximum Gasteiger partial charge on any atom is 0.329 e. The quantitative estimate of drug-likeness (QED) is 0.492. The lowest BCUT2D eigenvalue weighted by atomic mass is 10.1. The van der Waals surface area contributed by atoms with Gasteiger partial charge in [-0.3, -0.25) is 9.59 Å². The van der Waals surface area contributed by atoms with Gasteiger partial charge in [-0.2, -0.15) is 11.8 Å². The smallest absolute Gasteiger partial charge is 0.329 e. The summed E-state index contributed by atoms with van der Waals surface area (Å²) in [5, 5.41) is 3.23. The Bertz CT molecular complexity index is 839. The first-order chi connectivity index (χ1) is 13.4. The molecule has 1 N–H and O–H groups in total. The summed E-state index contributed by atoms with van der Waals surface area (Å²) in [4.78, 5) is 37.1. The van der Waals surface area contributed by atoms with Gasteiger partial charge in [0.15, 0.2) is 12.4 Å². The number of esters is 1. The van der Waals surface area contributed by atoms with E-state index in [9.17, 15) is 14.4 Å². The van der Waals surface area contributed by atoms with E-state index in [2.05, 4.69) is 5.32 Å². The first-order valence-electron chi connectivity index (χ1n) is 8.72. The molecule has 2 aromatic carbocycles. The predicted molar refractivity (Wildman–Crippen MR) is 112 cm³/mol. The van der Waals surface area contributed by atoms with Crippen molar-refractivity contribution in [2.75, 3.05) is 18.6 Å². The Balaban J connectivity index is 1.98. The van der Waals surface area contributed by atoms with E-state index in [1.807, 2.05) is 19.2 Å². The second-order valence-corrected chi connectivity index (χ2v) is 7.64. The van der Waals surface area contributed by atoms with Crippen molar-refractivity contribution >= 4 is 41.0 Å². The molecule has 0 bridgehead atoms. The molecule has 7 heteroatoms. The van der Waals surface area contributed by atoms with E-state index in [0.29, 0.717) is 28.3 Å². The Kier molecular flexibility index (Phi) is 8.54. The van der Waals surface area contributed by atoms with Gasteiger partial charge < -0.3 is 10.1 Å². The van der Waals surface area contributed by atoms with Crippen LogP contribution in [0.2, 0.25) is 5.02 Å². The number of ketones is 1. The van der Waals surface area contributed by atoms with E-state index >= 15 is 0 Å². The van der Waals surface area contributed by atoms with Gasteiger partial charge in [0.1, 0.15) is 6.04 Å². The molecule has 0 aliphatic rings. The number of carbonyl (C=O) groups excluding carboxylic acids is 3. The Morgan fingerprint density at radius 3 is 2.46 bits per heavy atom. The van der Waals surface area contributed by atoms with Crippen LogP contribution in [0.1, 0.15) is 32.7 Å². The summed E-state index contributed by atoms with van der Waals surface area (Å²) in [6.45, 7) is 1.50. The van der Waals surface area contributed by atoms with Crippen LogP contribution in [0.5, 0.6) is 0 Å². The number of ether oxygens (including phenoxy) is 1. The zero-order chi connectivity index (χ0) is 20.5. The van der Waals surface area contributed by atoms with Crippen molar-refractivity contribution in [2.45, 2.75) is 19.4 Å². The van der Waals surface area contributed by atoms with Gasteiger partial charge in [-0.25, -0.2) is 4.79 Å². The third-order valence-corrected chi connectivity index (χ3v) is 4.89. The van der Waals surface area contributed by atoms with Crippen LogP contribution in [0.25, 0.3) is 0 Å². The molecule has 0 saturated carbocycles. The van der Waals surface area contributed by atoms with Gasteiger partial charge in [-0.1, -0.05) is 29.3 Å². The summed E-state index contributed by atoms with van der Waals surface area (Å²) in [7, 11) is 0. The lowest BCUT2D eigenvalue weighted by Gasteiger charge is -2.17. The minimum atomic E-state index is -0.821. The average Bonchev–Trinajstić information content (AvgIpc) is 2.69. The number of nitrogens with one attached hydrogen (secondary N) is 1. The summed E-state index contributed by atoms with van der Waals surface area (Å²) in [6, 6.07) is 12.6. The number of benzene rings is 2. The van der Waals surface area contributed by atoms with Crippen molar-refractivity contribution in [1.29, 1.82) is 0 Å². The van der Waals surface area contributed by atoms with E-state index in [1.54, 1.807) is 54.2 Å². The Morgan fingerprint density at radius 1 is 1.11 bits per heavy atom. The summed E-state index contributed by atoms with van der Waals surface area (Å²) >= 11 is 7.36. The third kappa shape index (κ3) is 6.69. The first kappa shape index (κ1) is 22.0. The van der Waals surface area contributed by atoms with Crippen LogP contribution in [0.4, 0.5) is 0 Å². The normalized spacial score (nSPS) is 11.5. The molecule has 1 amide bonds. The number of amides is 1. The molecule has 28 heavy (non-hydrogen) atoms. The van der Waals surface area contributed by atoms with E-state index in [4.69, 9.17) is 16.3 Å². The molecule has 2 aromatic rings. The maximum absolute atomic E-state index is 12.5. The second kappa shape index (κ2) is 10.9. The first-order valence-corrected chi connectivity index (χ1v) is 10.5. The van der Waals surface area contributed by atoms with Gasteiger partial charge in [-0.05, 0) is 61.8 Å². The minimum absolute atomic E-state index is 0.335. The summed E-state index contributed by atoms with van der Waals surface area (Å²) < 4.78 is 5.16. The van der Waals surface area contributed by atoms with Crippen molar-refractivity contribution < 1.29 is 19.1 Å². The molecule has 0 heterocycles. The third-order valence-electron chi connectivity index (χ3n) is 3.99. The molecule has 0 aliphatic carbocycles. The largest absolute Gasteiger partial charge is 0.456 e. The van der Waals surface area contributed by atoms with Gasteiger partial charge in [0, 0.05) is 16.1 Å². The fourth-order valence-electron chi connectivity index (χ4n) is 2.47. The Morgan fingerprint density at radius 2 is 1.82 bits per heavy atom. The van der Waals surface area contributed by atoms with Gasteiger partial charge in [0.25, 0.3) is 5.91 Å². The molecule has 0 fully saturated rings. The molecular weight excluding hydrogens is 398 g/mol. The monoisotopic (exact) mass is 419 g/mol. The fourth-order valence-corrected chi connectivity index (χ4v) is 3.07. The molecule has 2 rings (SSSR count).